The van der Waals surface area contributed by atoms with E-state index in [-0.39, 0.29) is 14.6 Å². The van der Waals surface area contributed by atoms with E-state index in [9.17, 15) is 22.0 Å². The van der Waals surface area contributed by atoms with Gasteiger partial charge in [-0.2, -0.15) is 26.5 Å². The first-order chi connectivity index (χ1) is 7.23. The van der Waals surface area contributed by atoms with Gasteiger partial charge in [-0.15, -0.1) is 15.3 Å². The van der Waals surface area contributed by atoms with Crippen molar-refractivity contribution in [3.05, 3.63) is 5.82 Å². The SMILES string of the molecule is Nc1nn2c(C(F)(F)C(F)(F)F)nnc2s1. The molecule has 2 N–H and O–H groups in total. The van der Waals surface area contributed by atoms with Gasteiger partial charge >= 0.3 is 12.1 Å². The van der Waals surface area contributed by atoms with Crippen LogP contribution in [0.3, 0.4) is 0 Å². The molecule has 0 fully saturated rings. The summed E-state index contributed by atoms with van der Waals surface area (Å²) < 4.78 is 62.2. The van der Waals surface area contributed by atoms with Crippen molar-refractivity contribution in [1.29, 1.82) is 0 Å². The Morgan fingerprint density at radius 3 is 2.31 bits per heavy atom. The summed E-state index contributed by atoms with van der Waals surface area (Å²) in [6, 6.07) is 0. The Morgan fingerprint density at radius 1 is 1.12 bits per heavy atom. The van der Waals surface area contributed by atoms with Crippen LogP contribution in [0.25, 0.3) is 4.96 Å². The van der Waals surface area contributed by atoms with Gasteiger partial charge in [-0.05, 0) is 0 Å². The van der Waals surface area contributed by atoms with E-state index in [1.165, 1.54) is 0 Å². The lowest BCUT2D eigenvalue weighted by Crippen LogP contribution is -2.35. The van der Waals surface area contributed by atoms with E-state index in [4.69, 9.17) is 5.73 Å². The van der Waals surface area contributed by atoms with Crippen LogP contribution in [0.4, 0.5) is 27.1 Å². The number of halogens is 5. The molecule has 0 aliphatic heterocycles. The largest absolute Gasteiger partial charge is 0.461 e. The summed E-state index contributed by atoms with van der Waals surface area (Å²) in [5.41, 5.74) is 5.15. The van der Waals surface area contributed by atoms with Crippen LogP contribution < -0.4 is 5.73 Å². The maximum Gasteiger partial charge on any atom is 0.461 e. The minimum absolute atomic E-state index is 0.177. The molecule has 11 heteroatoms. The van der Waals surface area contributed by atoms with Crippen molar-refractivity contribution in [3.63, 3.8) is 0 Å². The van der Waals surface area contributed by atoms with E-state index in [2.05, 4.69) is 15.3 Å². The Kier molecular flexibility index (Phi) is 2.05. The third-order valence-electron chi connectivity index (χ3n) is 1.64. The summed E-state index contributed by atoms with van der Waals surface area (Å²) in [5, 5.41) is 8.98. The lowest BCUT2D eigenvalue weighted by atomic mass is 10.3. The number of nitrogen functional groups attached to an aromatic ring is 1. The van der Waals surface area contributed by atoms with E-state index in [1.807, 2.05) is 0 Å². The van der Waals surface area contributed by atoms with Crippen LogP contribution >= 0.6 is 11.3 Å². The lowest BCUT2D eigenvalue weighted by molar-refractivity contribution is -0.293. The number of hydrogen-bond acceptors (Lipinski definition) is 5. The molecular weight excluding hydrogens is 257 g/mol. The van der Waals surface area contributed by atoms with Crippen LogP contribution in [0, 0.1) is 0 Å². The summed E-state index contributed by atoms with van der Waals surface area (Å²) in [4.78, 5) is -0.226. The van der Waals surface area contributed by atoms with Gasteiger partial charge in [0.15, 0.2) is 0 Å². The molecule has 0 atom stereocenters. The standard InChI is InChI=1S/C5H2F5N5S/c6-4(7,5(8,9)10)1-12-13-3-15(1)14-2(11)16-3/h(H2,11,14). The number of hydrogen-bond donors (Lipinski definition) is 1. The van der Waals surface area contributed by atoms with Crippen molar-refractivity contribution >= 4 is 21.4 Å². The fraction of sp³-hybridized carbons (Fsp3) is 0.400. The highest BCUT2D eigenvalue weighted by Gasteiger charge is 2.62. The smallest absolute Gasteiger partial charge is 0.374 e. The molecule has 2 aromatic heterocycles. The Morgan fingerprint density at radius 2 is 1.75 bits per heavy atom. The highest BCUT2D eigenvalue weighted by Crippen LogP contribution is 2.43. The predicted octanol–water partition coefficient (Wildman–Crippen LogP) is 1.42. The Balaban J connectivity index is 2.63. The Bertz CT molecular complexity index is 527. The monoisotopic (exact) mass is 259 g/mol. The van der Waals surface area contributed by atoms with Gasteiger partial charge in [0.25, 0.3) is 0 Å². The highest BCUT2D eigenvalue weighted by atomic mass is 32.1. The topological polar surface area (TPSA) is 69.1 Å². The third-order valence-corrected chi connectivity index (χ3v) is 2.37. The van der Waals surface area contributed by atoms with Crippen LogP contribution in [0.1, 0.15) is 5.82 Å². The molecule has 0 saturated carbocycles. The fourth-order valence-corrected chi connectivity index (χ4v) is 1.56. The Hall–Kier alpha value is -1.52. The molecule has 0 radical (unpaired) electrons. The minimum atomic E-state index is -5.76. The minimum Gasteiger partial charge on any atom is -0.374 e. The van der Waals surface area contributed by atoms with Crippen LogP contribution in [0.5, 0.6) is 0 Å². The third kappa shape index (κ3) is 1.38. The number of nitrogens with zero attached hydrogens (tertiary/aromatic N) is 4. The fourth-order valence-electron chi connectivity index (χ4n) is 0.954. The molecule has 0 aromatic carbocycles. The zero-order chi connectivity index (χ0) is 12.1. The molecule has 16 heavy (non-hydrogen) atoms. The molecular formula is C5H2F5N5S. The van der Waals surface area contributed by atoms with Crippen LogP contribution in [0.2, 0.25) is 0 Å². The average Bonchev–Trinajstić information content (AvgIpc) is 2.59. The first-order valence-corrected chi connectivity index (χ1v) is 4.48. The maximum atomic E-state index is 12.9. The van der Waals surface area contributed by atoms with Gasteiger partial charge in [0.05, 0.1) is 0 Å². The summed E-state index contributed by atoms with van der Waals surface area (Å²) in [7, 11) is 0. The summed E-state index contributed by atoms with van der Waals surface area (Å²) >= 11 is 0.655. The first kappa shape index (κ1) is 11.0. The summed E-state index contributed by atoms with van der Waals surface area (Å²) in [6.45, 7) is 0. The van der Waals surface area contributed by atoms with E-state index in [0.717, 1.165) is 0 Å². The second-order valence-electron chi connectivity index (χ2n) is 2.73. The molecule has 0 amide bonds. The van der Waals surface area contributed by atoms with Crippen molar-refractivity contribution in [1.82, 2.24) is 19.8 Å². The van der Waals surface area contributed by atoms with E-state index in [1.54, 1.807) is 0 Å². The molecule has 0 saturated heterocycles. The van der Waals surface area contributed by atoms with E-state index in [0.29, 0.717) is 11.3 Å². The van der Waals surface area contributed by atoms with Gasteiger partial charge in [-0.1, -0.05) is 11.3 Å². The van der Waals surface area contributed by atoms with Gasteiger partial charge in [0, 0.05) is 0 Å². The molecule has 5 nitrogen and oxygen atoms in total. The van der Waals surface area contributed by atoms with Crippen LogP contribution in [0.15, 0.2) is 0 Å². The van der Waals surface area contributed by atoms with Crippen molar-refractivity contribution in [3.8, 4) is 0 Å². The zero-order valence-electron chi connectivity index (χ0n) is 7.16. The second-order valence-corrected chi connectivity index (χ2v) is 3.72. The lowest BCUT2D eigenvalue weighted by Gasteiger charge is -2.16. The maximum absolute atomic E-state index is 12.9. The molecule has 0 bridgehead atoms. The average molecular weight is 259 g/mol. The normalized spacial score (nSPS) is 13.6. The molecule has 0 unspecified atom stereocenters. The van der Waals surface area contributed by atoms with E-state index >= 15 is 0 Å². The first-order valence-electron chi connectivity index (χ1n) is 3.66. The molecule has 0 spiro atoms. The second kappa shape index (κ2) is 2.99. The summed E-state index contributed by atoms with van der Waals surface area (Å²) in [5.74, 6) is -6.71. The number of rotatable bonds is 1. The van der Waals surface area contributed by atoms with Crippen molar-refractivity contribution < 1.29 is 22.0 Å². The molecule has 88 valence electrons. The van der Waals surface area contributed by atoms with Gasteiger partial charge < -0.3 is 5.73 Å². The van der Waals surface area contributed by atoms with E-state index < -0.39 is 17.9 Å². The molecule has 2 heterocycles. The van der Waals surface area contributed by atoms with Crippen molar-refractivity contribution in [2.45, 2.75) is 12.1 Å². The number of anilines is 1. The Labute approximate surface area is 87.7 Å². The number of alkyl halides is 5. The van der Waals surface area contributed by atoms with Crippen molar-refractivity contribution in [2.24, 2.45) is 0 Å². The van der Waals surface area contributed by atoms with Gasteiger partial charge in [-0.3, -0.25) is 0 Å². The van der Waals surface area contributed by atoms with Gasteiger partial charge in [-0.25, -0.2) is 0 Å². The zero-order valence-corrected chi connectivity index (χ0v) is 7.98. The number of fused-ring (bicyclic) bond motifs is 1. The quantitative estimate of drug-likeness (QED) is 0.786. The number of aromatic nitrogens is 4. The number of nitrogens with two attached hydrogens (primary N) is 1. The predicted molar refractivity (Wildman–Crippen MR) is 43.0 cm³/mol. The summed E-state index contributed by atoms with van der Waals surface area (Å²) in [6.07, 6.45) is -5.76. The van der Waals surface area contributed by atoms with Gasteiger partial charge in [0.2, 0.25) is 15.9 Å². The van der Waals surface area contributed by atoms with Crippen molar-refractivity contribution in [2.75, 3.05) is 5.73 Å². The highest BCUT2D eigenvalue weighted by molar-refractivity contribution is 7.20. The molecule has 2 rings (SSSR count). The van der Waals surface area contributed by atoms with Gasteiger partial charge in [0.1, 0.15) is 0 Å². The van der Waals surface area contributed by atoms with Crippen LogP contribution in [-0.2, 0) is 5.92 Å². The molecule has 0 aliphatic rings. The molecule has 0 aliphatic carbocycles. The van der Waals surface area contributed by atoms with Crippen LogP contribution in [-0.4, -0.2) is 26.0 Å². The molecule has 2 aromatic rings.